The minimum absolute atomic E-state index is 0.0266. The fourth-order valence-electron chi connectivity index (χ4n) is 2.01. The van der Waals surface area contributed by atoms with Crippen LogP contribution in [0.1, 0.15) is 12.3 Å². The molecule has 6 nitrogen and oxygen atoms in total. The van der Waals surface area contributed by atoms with Crippen molar-refractivity contribution < 1.29 is 22.5 Å². The Kier molecular flexibility index (Phi) is 3.74. The normalized spacial score (nSPS) is 23.5. The van der Waals surface area contributed by atoms with E-state index in [1.54, 1.807) is 0 Å². The van der Waals surface area contributed by atoms with E-state index >= 15 is 0 Å². The van der Waals surface area contributed by atoms with Gasteiger partial charge in [-0.05, 0) is 13.0 Å². The summed E-state index contributed by atoms with van der Waals surface area (Å²) < 4.78 is 43.8. The second-order valence-corrected chi connectivity index (χ2v) is 4.35. The standard InChI is InChI=1S/C10H13F3N4O2/c11-10(12,13)9(2-4-14-5-9)8(18)15-3-1-7-16-6-17-19-7/h6,14H,1-5H2,(H,15,18). The van der Waals surface area contributed by atoms with Gasteiger partial charge in [-0.3, -0.25) is 4.79 Å². The van der Waals surface area contributed by atoms with E-state index in [0.29, 0.717) is 0 Å². The van der Waals surface area contributed by atoms with Gasteiger partial charge in [-0.25, -0.2) is 0 Å². The molecule has 9 heteroatoms. The van der Waals surface area contributed by atoms with Gasteiger partial charge < -0.3 is 15.2 Å². The van der Waals surface area contributed by atoms with E-state index < -0.39 is 17.5 Å². The van der Waals surface area contributed by atoms with Gasteiger partial charge in [0.25, 0.3) is 0 Å². The Morgan fingerprint density at radius 2 is 2.37 bits per heavy atom. The Hall–Kier alpha value is -1.64. The molecule has 2 heterocycles. The van der Waals surface area contributed by atoms with Gasteiger partial charge in [-0.15, -0.1) is 0 Å². The van der Waals surface area contributed by atoms with Gasteiger partial charge in [0.05, 0.1) is 0 Å². The van der Waals surface area contributed by atoms with E-state index in [0.717, 1.165) is 0 Å². The highest BCUT2D eigenvalue weighted by molar-refractivity contribution is 5.84. The van der Waals surface area contributed by atoms with Crippen LogP contribution in [-0.2, 0) is 11.2 Å². The second-order valence-electron chi connectivity index (χ2n) is 4.35. The van der Waals surface area contributed by atoms with Gasteiger partial charge in [0, 0.05) is 19.5 Å². The third-order valence-corrected chi connectivity index (χ3v) is 3.16. The molecule has 0 saturated carbocycles. The molecule has 0 radical (unpaired) electrons. The lowest BCUT2D eigenvalue weighted by Gasteiger charge is -2.29. The molecule has 1 aromatic rings. The number of hydrogen-bond acceptors (Lipinski definition) is 5. The summed E-state index contributed by atoms with van der Waals surface area (Å²) in [6.45, 7) is -0.182. The molecule has 106 valence electrons. The maximum atomic E-state index is 13.0. The van der Waals surface area contributed by atoms with Crippen molar-refractivity contribution in [1.82, 2.24) is 20.8 Å². The zero-order valence-corrected chi connectivity index (χ0v) is 9.96. The summed E-state index contributed by atoms with van der Waals surface area (Å²) >= 11 is 0. The van der Waals surface area contributed by atoms with Gasteiger partial charge in [0.2, 0.25) is 11.8 Å². The minimum Gasteiger partial charge on any atom is -0.355 e. The first-order valence-electron chi connectivity index (χ1n) is 5.77. The Morgan fingerprint density at radius 3 is 2.89 bits per heavy atom. The third-order valence-electron chi connectivity index (χ3n) is 3.16. The number of aromatic nitrogens is 2. The lowest BCUT2D eigenvalue weighted by molar-refractivity contribution is -0.215. The van der Waals surface area contributed by atoms with E-state index in [2.05, 4.69) is 25.3 Å². The van der Waals surface area contributed by atoms with E-state index in [9.17, 15) is 18.0 Å². The summed E-state index contributed by atoms with van der Waals surface area (Å²) in [5.41, 5.74) is -2.33. The Balaban J connectivity index is 1.93. The molecule has 1 fully saturated rings. The fourth-order valence-corrected chi connectivity index (χ4v) is 2.01. The summed E-state index contributed by atoms with van der Waals surface area (Å²) in [5, 5.41) is 8.23. The van der Waals surface area contributed by atoms with Crippen molar-refractivity contribution in [3.63, 3.8) is 0 Å². The molecule has 0 bridgehead atoms. The van der Waals surface area contributed by atoms with E-state index in [4.69, 9.17) is 0 Å². The Morgan fingerprint density at radius 1 is 1.58 bits per heavy atom. The van der Waals surface area contributed by atoms with Crippen molar-refractivity contribution in [2.45, 2.75) is 19.0 Å². The summed E-state index contributed by atoms with van der Waals surface area (Å²) in [6, 6.07) is 0. The predicted molar refractivity (Wildman–Crippen MR) is 57.0 cm³/mol. The average Bonchev–Trinajstić information content (AvgIpc) is 2.99. The zero-order valence-electron chi connectivity index (χ0n) is 9.96. The molecular formula is C10H13F3N4O2. The lowest BCUT2D eigenvalue weighted by atomic mass is 9.85. The largest absolute Gasteiger partial charge is 0.404 e. The molecule has 1 atom stereocenters. The van der Waals surface area contributed by atoms with Gasteiger partial charge in [-0.1, -0.05) is 5.16 Å². The minimum atomic E-state index is -4.56. The topological polar surface area (TPSA) is 80.1 Å². The fraction of sp³-hybridized carbons (Fsp3) is 0.700. The van der Waals surface area contributed by atoms with Crippen molar-refractivity contribution in [2.75, 3.05) is 19.6 Å². The number of nitrogens with one attached hydrogen (secondary N) is 2. The molecule has 1 unspecified atom stereocenters. The van der Waals surface area contributed by atoms with Gasteiger partial charge in [0.1, 0.15) is 0 Å². The number of nitrogens with zero attached hydrogens (tertiary/aromatic N) is 2. The summed E-state index contributed by atoms with van der Waals surface area (Å²) in [4.78, 5) is 15.5. The van der Waals surface area contributed by atoms with Crippen molar-refractivity contribution >= 4 is 5.91 Å². The van der Waals surface area contributed by atoms with Gasteiger partial charge in [0.15, 0.2) is 11.7 Å². The molecule has 1 aliphatic heterocycles. The first-order chi connectivity index (χ1) is 8.96. The Bertz CT molecular complexity index is 426. The molecule has 1 saturated heterocycles. The van der Waals surface area contributed by atoms with Crippen molar-refractivity contribution in [3.8, 4) is 0 Å². The summed E-state index contributed by atoms with van der Waals surface area (Å²) in [5.74, 6) is -0.740. The van der Waals surface area contributed by atoms with Crippen LogP contribution in [0.4, 0.5) is 13.2 Å². The van der Waals surface area contributed by atoms with Crippen LogP contribution in [0.15, 0.2) is 10.9 Å². The number of rotatable bonds is 4. The maximum Gasteiger partial charge on any atom is 0.404 e. The van der Waals surface area contributed by atoms with Crippen molar-refractivity contribution in [3.05, 3.63) is 12.2 Å². The maximum absolute atomic E-state index is 13.0. The van der Waals surface area contributed by atoms with Crippen molar-refractivity contribution in [1.29, 1.82) is 0 Å². The highest BCUT2D eigenvalue weighted by Crippen LogP contribution is 2.43. The number of halogens is 3. The summed E-state index contributed by atoms with van der Waals surface area (Å²) in [6.07, 6.45) is -3.42. The average molecular weight is 278 g/mol. The molecule has 19 heavy (non-hydrogen) atoms. The smallest absolute Gasteiger partial charge is 0.355 e. The number of carbonyl (C=O) groups is 1. The molecule has 1 aromatic heterocycles. The molecule has 1 amide bonds. The number of carbonyl (C=O) groups excluding carboxylic acids is 1. The molecule has 0 spiro atoms. The molecule has 2 N–H and O–H groups in total. The molecule has 0 aliphatic carbocycles. The highest BCUT2D eigenvalue weighted by atomic mass is 19.4. The lowest BCUT2D eigenvalue weighted by Crippen LogP contribution is -2.52. The van der Waals surface area contributed by atoms with Crippen LogP contribution in [0, 0.1) is 5.41 Å². The van der Waals surface area contributed by atoms with Crippen LogP contribution in [0.3, 0.4) is 0 Å². The third kappa shape index (κ3) is 2.70. The Labute approximate surface area is 106 Å². The predicted octanol–water partition coefficient (Wildman–Crippen LogP) is 0.270. The van der Waals surface area contributed by atoms with Crippen LogP contribution < -0.4 is 10.6 Å². The van der Waals surface area contributed by atoms with Gasteiger partial charge >= 0.3 is 6.18 Å². The first kappa shape index (κ1) is 13.8. The molecule has 2 rings (SSSR count). The molecule has 0 aromatic carbocycles. The van der Waals surface area contributed by atoms with E-state index in [-0.39, 0.29) is 38.4 Å². The SMILES string of the molecule is O=C(NCCc1ncno1)C1(C(F)(F)F)CCNC1. The zero-order chi connectivity index (χ0) is 13.9. The number of alkyl halides is 3. The van der Waals surface area contributed by atoms with E-state index in [1.165, 1.54) is 6.33 Å². The first-order valence-corrected chi connectivity index (χ1v) is 5.77. The van der Waals surface area contributed by atoms with Crippen LogP contribution >= 0.6 is 0 Å². The van der Waals surface area contributed by atoms with Crippen LogP contribution in [-0.4, -0.2) is 41.9 Å². The van der Waals surface area contributed by atoms with Gasteiger partial charge in [-0.2, -0.15) is 18.2 Å². The van der Waals surface area contributed by atoms with Crippen LogP contribution in [0.2, 0.25) is 0 Å². The van der Waals surface area contributed by atoms with Crippen molar-refractivity contribution in [2.24, 2.45) is 5.41 Å². The quantitative estimate of drug-likeness (QED) is 0.826. The number of hydrogen-bond donors (Lipinski definition) is 2. The monoisotopic (exact) mass is 278 g/mol. The molecule has 1 aliphatic rings. The summed E-state index contributed by atoms with van der Waals surface area (Å²) in [7, 11) is 0. The second kappa shape index (κ2) is 5.16. The van der Waals surface area contributed by atoms with E-state index in [1.807, 2.05) is 0 Å². The highest BCUT2D eigenvalue weighted by Gasteiger charge is 2.61. The number of amides is 1. The molecular weight excluding hydrogens is 265 g/mol. The van der Waals surface area contributed by atoms with Crippen LogP contribution in [0.5, 0.6) is 0 Å². The van der Waals surface area contributed by atoms with Crippen LogP contribution in [0.25, 0.3) is 0 Å².